The van der Waals surface area contributed by atoms with E-state index < -0.39 is 0 Å². The summed E-state index contributed by atoms with van der Waals surface area (Å²) >= 11 is 0. The minimum atomic E-state index is -0.0830. The van der Waals surface area contributed by atoms with Gasteiger partial charge in [0.15, 0.2) is 0 Å². The van der Waals surface area contributed by atoms with Crippen LogP contribution < -0.4 is 15.0 Å². The number of piperidine rings is 1. The van der Waals surface area contributed by atoms with Gasteiger partial charge in [-0.25, -0.2) is 0 Å². The van der Waals surface area contributed by atoms with Gasteiger partial charge in [-0.3, -0.25) is 4.79 Å². The summed E-state index contributed by atoms with van der Waals surface area (Å²) in [5.74, 6) is 0.648. The number of anilines is 1. The highest BCUT2D eigenvalue weighted by atomic mass is 16.5. The molecule has 26 heavy (non-hydrogen) atoms. The Morgan fingerprint density at radius 1 is 1.04 bits per heavy atom. The maximum absolute atomic E-state index is 12.3. The summed E-state index contributed by atoms with van der Waals surface area (Å²) in [7, 11) is 0. The zero-order valence-electron chi connectivity index (χ0n) is 15.1. The van der Waals surface area contributed by atoms with E-state index in [4.69, 9.17) is 4.74 Å². The Labute approximate surface area is 155 Å². The Hall–Kier alpha value is -2.75. The zero-order valence-corrected chi connectivity index (χ0v) is 15.1. The van der Waals surface area contributed by atoms with E-state index in [9.17, 15) is 4.79 Å². The molecule has 4 nitrogen and oxygen atoms in total. The van der Waals surface area contributed by atoms with Crippen molar-refractivity contribution >= 4 is 11.6 Å². The highest BCUT2D eigenvalue weighted by Crippen LogP contribution is 2.20. The van der Waals surface area contributed by atoms with Crippen LogP contribution in [0.5, 0.6) is 5.75 Å². The van der Waals surface area contributed by atoms with E-state index in [1.807, 2.05) is 0 Å². The summed E-state index contributed by atoms with van der Waals surface area (Å²) in [6, 6.07) is 15.6. The molecule has 0 spiro atoms. The van der Waals surface area contributed by atoms with Gasteiger partial charge in [-0.15, -0.1) is 0 Å². The quantitative estimate of drug-likeness (QED) is 0.762. The largest absolute Gasteiger partial charge is 0.490 e. The summed E-state index contributed by atoms with van der Waals surface area (Å²) in [6.07, 6.45) is 5.57. The number of amides is 1. The summed E-state index contributed by atoms with van der Waals surface area (Å²) < 4.78 is 5.43. The fourth-order valence-electron chi connectivity index (χ4n) is 3.12. The molecule has 0 unspecified atom stereocenters. The molecule has 0 radical (unpaired) electrons. The van der Waals surface area contributed by atoms with Gasteiger partial charge in [-0.05, 0) is 61.2 Å². The van der Waals surface area contributed by atoms with Crippen LogP contribution in [0.2, 0.25) is 0 Å². The van der Waals surface area contributed by atoms with Crippen LogP contribution in [0, 0.1) is 0 Å². The van der Waals surface area contributed by atoms with Gasteiger partial charge in [0.2, 0.25) is 0 Å². The number of ether oxygens (including phenoxy) is 1. The van der Waals surface area contributed by atoms with Crippen LogP contribution in [0.4, 0.5) is 5.69 Å². The molecule has 1 saturated heterocycles. The van der Waals surface area contributed by atoms with Crippen molar-refractivity contribution in [3.63, 3.8) is 0 Å². The molecule has 1 aliphatic rings. The smallest absolute Gasteiger partial charge is 0.251 e. The Morgan fingerprint density at radius 3 is 2.38 bits per heavy atom. The number of rotatable bonds is 7. The topological polar surface area (TPSA) is 41.6 Å². The molecular formula is C22H26N2O2. The molecule has 136 valence electrons. The maximum atomic E-state index is 12.3. The van der Waals surface area contributed by atoms with Crippen LogP contribution >= 0.6 is 0 Å². The molecular weight excluding hydrogens is 324 g/mol. The molecule has 0 atom stereocenters. The van der Waals surface area contributed by atoms with Crippen molar-refractivity contribution in [2.45, 2.75) is 25.8 Å². The number of carbonyl (C=O) groups is 1. The Kier molecular flexibility index (Phi) is 6.31. The highest BCUT2D eigenvalue weighted by Gasteiger charge is 2.11. The zero-order chi connectivity index (χ0) is 18.2. The second-order valence-electron chi connectivity index (χ2n) is 6.52. The number of carbonyl (C=O) groups excluding carboxylic acids is 1. The van der Waals surface area contributed by atoms with Crippen LogP contribution in [-0.4, -0.2) is 25.6 Å². The second-order valence-corrected chi connectivity index (χ2v) is 6.52. The molecule has 1 fully saturated rings. The fourth-order valence-corrected chi connectivity index (χ4v) is 3.12. The van der Waals surface area contributed by atoms with Crippen molar-refractivity contribution in [1.29, 1.82) is 0 Å². The van der Waals surface area contributed by atoms with Crippen LogP contribution in [0.25, 0.3) is 0 Å². The monoisotopic (exact) mass is 350 g/mol. The molecule has 4 heteroatoms. The molecule has 0 aromatic heterocycles. The highest BCUT2D eigenvalue weighted by molar-refractivity contribution is 5.94. The lowest BCUT2D eigenvalue weighted by Gasteiger charge is -2.28. The predicted octanol–water partition coefficient (Wildman–Crippen LogP) is 4.17. The van der Waals surface area contributed by atoms with E-state index in [1.165, 1.54) is 24.9 Å². The van der Waals surface area contributed by atoms with Crippen LogP contribution in [0.1, 0.15) is 35.2 Å². The summed E-state index contributed by atoms with van der Waals surface area (Å²) in [5, 5.41) is 2.97. The molecule has 3 rings (SSSR count). The van der Waals surface area contributed by atoms with Gasteiger partial charge in [-0.1, -0.05) is 24.8 Å². The lowest BCUT2D eigenvalue weighted by Crippen LogP contribution is -2.29. The summed E-state index contributed by atoms with van der Waals surface area (Å²) in [5.41, 5.74) is 3.00. The minimum absolute atomic E-state index is 0.0830. The molecule has 2 aromatic rings. The van der Waals surface area contributed by atoms with Crippen LogP contribution in [-0.2, 0) is 6.54 Å². The molecule has 2 aromatic carbocycles. The average Bonchev–Trinajstić information content (AvgIpc) is 2.72. The Morgan fingerprint density at radius 2 is 1.73 bits per heavy atom. The standard InChI is InChI=1S/C22H26N2O2/c1-2-16-26-21-12-8-19(9-13-21)22(25)23-17-18-6-10-20(11-7-18)24-14-4-3-5-15-24/h2,6-13H,1,3-5,14-17H2,(H,23,25). The third-order valence-corrected chi connectivity index (χ3v) is 4.59. The van der Waals surface area contributed by atoms with Crippen molar-refractivity contribution in [3.05, 3.63) is 72.3 Å². The number of hydrogen-bond donors (Lipinski definition) is 1. The first kappa shape index (κ1) is 18.1. The Bertz CT molecular complexity index is 717. The van der Waals surface area contributed by atoms with Crippen molar-refractivity contribution in [1.82, 2.24) is 5.32 Å². The predicted molar refractivity (Wildman–Crippen MR) is 106 cm³/mol. The fraction of sp³-hybridized carbons (Fsp3) is 0.318. The van der Waals surface area contributed by atoms with Crippen molar-refractivity contribution in [3.8, 4) is 5.75 Å². The van der Waals surface area contributed by atoms with Gasteiger partial charge in [0.1, 0.15) is 12.4 Å². The first-order valence-corrected chi connectivity index (χ1v) is 9.22. The molecule has 1 aliphatic heterocycles. The van der Waals surface area contributed by atoms with E-state index in [2.05, 4.69) is 41.1 Å². The number of nitrogens with zero attached hydrogens (tertiary/aromatic N) is 1. The number of nitrogens with one attached hydrogen (secondary N) is 1. The minimum Gasteiger partial charge on any atom is -0.490 e. The van der Waals surface area contributed by atoms with E-state index >= 15 is 0 Å². The molecule has 0 aliphatic carbocycles. The first-order valence-electron chi connectivity index (χ1n) is 9.22. The normalized spacial score (nSPS) is 13.9. The number of hydrogen-bond acceptors (Lipinski definition) is 3. The van der Waals surface area contributed by atoms with Crippen molar-refractivity contribution in [2.24, 2.45) is 0 Å². The molecule has 0 saturated carbocycles. The third-order valence-electron chi connectivity index (χ3n) is 4.59. The van der Waals surface area contributed by atoms with Crippen LogP contribution in [0.15, 0.2) is 61.2 Å². The van der Waals surface area contributed by atoms with E-state index in [-0.39, 0.29) is 5.91 Å². The molecule has 0 bridgehead atoms. The molecule has 1 N–H and O–H groups in total. The van der Waals surface area contributed by atoms with E-state index in [0.29, 0.717) is 18.7 Å². The van der Waals surface area contributed by atoms with E-state index in [1.54, 1.807) is 30.3 Å². The summed E-state index contributed by atoms with van der Waals surface area (Å²) in [6.45, 7) is 6.88. The first-order chi connectivity index (χ1) is 12.8. The Balaban J connectivity index is 1.51. The SMILES string of the molecule is C=CCOc1ccc(C(=O)NCc2ccc(N3CCCCC3)cc2)cc1. The van der Waals surface area contributed by atoms with Gasteiger partial charge in [0.05, 0.1) is 0 Å². The maximum Gasteiger partial charge on any atom is 0.251 e. The second kappa shape index (κ2) is 9.09. The van der Waals surface area contributed by atoms with Gasteiger partial charge in [-0.2, -0.15) is 0 Å². The summed E-state index contributed by atoms with van der Waals surface area (Å²) in [4.78, 5) is 14.7. The lowest BCUT2D eigenvalue weighted by molar-refractivity contribution is 0.0951. The van der Waals surface area contributed by atoms with Crippen LogP contribution in [0.3, 0.4) is 0 Å². The lowest BCUT2D eigenvalue weighted by atomic mass is 10.1. The van der Waals surface area contributed by atoms with Gasteiger partial charge >= 0.3 is 0 Å². The van der Waals surface area contributed by atoms with Crippen molar-refractivity contribution < 1.29 is 9.53 Å². The van der Waals surface area contributed by atoms with E-state index in [0.717, 1.165) is 24.4 Å². The molecule has 1 amide bonds. The number of benzene rings is 2. The van der Waals surface area contributed by atoms with Gasteiger partial charge in [0, 0.05) is 30.9 Å². The van der Waals surface area contributed by atoms with Crippen molar-refractivity contribution in [2.75, 3.05) is 24.6 Å². The molecule has 1 heterocycles. The third kappa shape index (κ3) is 4.88. The van der Waals surface area contributed by atoms with Gasteiger partial charge in [0.25, 0.3) is 5.91 Å². The van der Waals surface area contributed by atoms with Gasteiger partial charge < -0.3 is 15.0 Å². The average molecular weight is 350 g/mol.